The summed E-state index contributed by atoms with van der Waals surface area (Å²) in [6, 6.07) is 0. The van der Waals surface area contributed by atoms with Gasteiger partial charge in [0, 0.05) is 12.1 Å². The van der Waals surface area contributed by atoms with Crippen molar-refractivity contribution in [1.82, 2.24) is 4.90 Å². The molecule has 4 nitrogen and oxygen atoms in total. The third kappa shape index (κ3) is 2.69. The maximum atomic E-state index is 11.5. The molecule has 15 heavy (non-hydrogen) atoms. The van der Waals surface area contributed by atoms with Gasteiger partial charge in [-0.1, -0.05) is 0 Å². The van der Waals surface area contributed by atoms with Crippen LogP contribution >= 0.6 is 0 Å². The Morgan fingerprint density at radius 2 is 2.20 bits per heavy atom. The molecule has 2 N–H and O–H groups in total. The first-order valence-electron chi connectivity index (χ1n) is 5.42. The number of methoxy groups -OCH3 is 1. The summed E-state index contributed by atoms with van der Waals surface area (Å²) < 4.78 is 4.70. The number of nitrogens with zero attached hydrogens (tertiary/aromatic N) is 1. The molecule has 0 amide bonds. The number of nitrogens with two attached hydrogens (primary N) is 1. The number of hydrogen-bond acceptors (Lipinski definition) is 4. The highest BCUT2D eigenvalue weighted by atomic mass is 16.5. The second-order valence-corrected chi connectivity index (χ2v) is 5.25. The summed E-state index contributed by atoms with van der Waals surface area (Å²) in [5.41, 5.74) is 5.20. The minimum Gasteiger partial charge on any atom is -0.468 e. The van der Waals surface area contributed by atoms with Gasteiger partial charge >= 0.3 is 5.97 Å². The van der Waals surface area contributed by atoms with Crippen LogP contribution in [-0.2, 0) is 9.53 Å². The highest BCUT2D eigenvalue weighted by molar-refractivity contribution is 5.80. The zero-order valence-corrected chi connectivity index (χ0v) is 10.2. The Balaban J connectivity index is 2.65. The fourth-order valence-corrected chi connectivity index (χ4v) is 2.15. The molecular weight excluding hydrogens is 192 g/mol. The van der Waals surface area contributed by atoms with E-state index in [2.05, 4.69) is 18.7 Å². The van der Waals surface area contributed by atoms with Gasteiger partial charge < -0.3 is 10.5 Å². The molecule has 1 fully saturated rings. The predicted molar refractivity (Wildman–Crippen MR) is 59.5 cm³/mol. The van der Waals surface area contributed by atoms with E-state index in [1.54, 1.807) is 6.92 Å². The molecule has 1 aliphatic heterocycles. The summed E-state index contributed by atoms with van der Waals surface area (Å²) in [7, 11) is 1.38. The summed E-state index contributed by atoms with van der Waals surface area (Å²) in [5.74, 6) is -0.342. The van der Waals surface area contributed by atoms with Crippen molar-refractivity contribution in [2.24, 2.45) is 5.73 Å². The lowest BCUT2D eigenvalue weighted by atomic mass is 9.98. The molecule has 0 bridgehead atoms. The molecule has 0 aromatic rings. The third-order valence-corrected chi connectivity index (χ3v) is 3.24. The summed E-state index contributed by atoms with van der Waals surface area (Å²) in [4.78, 5) is 13.7. The molecule has 1 heterocycles. The van der Waals surface area contributed by atoms with Crippen LogP contribution in [0.25, 0.3) is 0 Å². The van der Waals surface area contributed by atoms with Crippen molar-refractivity contribution in [3.8, 4) is 0 Å². The van der Waals surface area contributed by atoms with Crippen molar-refractivity contribution in [1.29, 1.82) is 0 Å². The summed E-state index contributed by atoms with van der Waals surface area (Å²) in [5, 5.41) is 0. The summed E-state index contributed by atoms with van der Waals surface area (Å²) >= 11 is 0. The van der Waals surface area contributed by atoms with E-state index >= 15 is 0 Å². The van der Waals surface area contributed by atoms with Crippen LogP contribution in [0.4, 0.5) is 0 Å². The van der Waals surface area contributed by atoms with Crippen molar-refractivity contribution < 1.29 is 9.53 Å². The van der Waals surface area contributed by atoms with Gasteiger partial charge in [0.2, 0.25) is 0 Å². The van der Waals surface area contributed by atoms with Gasteiger partial charge in [0.05, 0.1) is 7.11 Å². The van der Waals surface area contributed by atoms with Crippen LogP contribution in [0.2, 0.25) is 0 Å². The van der Waals surface area contributed by atoms with Crippen LogP contribution in [0.1, 0.15) is 33.6 Å². The molecule has 0 aliphatic carbocycles. The van der Waals surface area contributed by atoms with E-state index in [0.29, 0.717) is 6.54 Å². The van der Waals surface area contributed by atoms with Gasteiger partial charge in [0.25, 0.3) is 0 Å². The van der Waals surface area contributed by atoms with E-state index in [9.17, 15) is 4.79 Å². The van der Waals surface area contributed by atoms with Crippen LogP contribution in [-0.4, -0.2) is 42.1 Å². The first kappa shape index (κ1) is 12.5. The Morgan fingerprint density at radius 3 is 2.60 bits per heavy atom. The topological polar surface area (TPSA) is 55.6 Å². The second kappa shape index (κ2) is 4.10. The lowest BCUT2D eigenvalue weighted by Crippen LogP contribution is -2.57. The average molecular weight is 214 g/mol. The van der Waals surface area contributed by atoms with Crippen molar-refractivity contribution in [2.75, 3.05) is 20.2 Å². The zero-order chi connectivity index (χ0) is 11.7. The normalized spacial score (nSPS) is 24.9. The standard InChI is InChI=1S/C11H22N2O2/c1-10(2)6-5-7-13(10)8-11(3,12)9(14)15-4/h5-8,12H2,1-4H3. The average Bonchev–Trinajstić information content (AvgIpc) is 2.44. The second-order valence-electron chi connectivity index (χ2n) is 5.25. The largest absolute Gasteiger partial charge is 0.468 e. The van der Waals surface area contributed by atoms with E-state index in [1.807, 2.05) is 0 Å². The minimum atomic E-state index is -0.906. The quantitative estimate of drug-likeness (QED) is 0.704. The number of rotatable bonds is 3. The molecule has 0 saturated carbocycles. The van der Waals surface area contributed by atoms with Crippen molar-refractivity contribution >= 4 is 5.97 Å². The zero-order valence-electron chi connectivity index (χ0n) is 10.2. The van der Waals surface area contributed by atoms with E-state index in [4.69, 9.17) is 10.5 Å². The Hall–Kier alpha value is -0.610. The Labute approximate surface area is 91.8 Å². The van der Waals surface area contributed by atoms with Gasteiger partial charge in [-0.05, 0) is 40.2 Å². The molecule has 0 radical (unpaired) electrons. The van der Waals surface area contributed by atoms with Gasteiger partial charge in [0.15, 0.2) is 0 Å². The van der Waals surface area contributed by atoms with Crippen molar-refractivity contribution in [3.63, 3.8) is 0 Å². The fraction of sp³-hybridized carbons (Fsp3) is 0.909. The van der Waals surface area contributed by atoms with Crippen LogP contribution in [0.5, 0.6) is 0 Å². The molecule has 4 heteroatoms. The number of hydrogen-bond donors (Lipinski definition) is 1. The van der Waals surface area contributed by atoms with Gasteiger partial charge in [-0.3, -0.25) is 9.69 Å². The molecule has 0 aromatic carbocycles. The predicted octanol–water partition coefficient (Wildman–Crippen LogP) is 0.751. The van der Waals surface area contributed by atoms with Crippen LogP contribution in [0, 0.1) is 0 Å². The Morgan fingerprint density at radius 1 is 1.60 bits per heavy atom. The lowest BCUT2D eigenvalue weighted by molar-refractivity contribution is -0.147. The molecule has 88 valence electrons. The fourth-order valence-electron chi connectivity index (χ4n) is 2.15. The van der Waals surface area contributed by atoms with Crippen LogP contribution in [0.3, 0.4) is 0 Å². The molecule has 0 spiro atoms. The van der Waals surface area contributed by atoms with E-state index < -0.39 is 5.54 Å². The molecule has 1 aliphatic rings. The molecule has 0 aromatic heterocycles. The Kier molecular flexibility index (Phi) is 3.41. The van der Waals surface area contributed by atoms with Gasteiger partial charge in [-0.25, -0.2) is 0 Å². The highest BCUT2D eigenvalue weighted by Gasteiger charge is 2.39. The van der Waals surface area contributed by atoms with E-state index in [1.165, 1.54) is 13.5 Å². The maximum Gasteiger partial charge on any atom is 0.326 e. The highest BCUT2D eigenvalue weighted by Crippen LogP contribution is 2.29. The lowest BCUT2D eigenvalue weighted by Gasteiger charge is -2.36. The summed E-state index contributed by atoms with van der Waals surface area (Å²) in [6.07, 6.45) is 2.33. The first-order chi connectivity index (χ1) is 6.79. The number of likely N-dealkylation sites (tertiary alicyclic amines) is 1. The van der Waals surface area contributed by atoms with Crippen LogP contribution in [0.15, 0.2) is 0 Å². The third-order valence-electron chi connectivity index (χ3n) is 3.24. The van der Waals surface area contributed by atoms with Gasteiger partial charge in [-0.2, -0.15) is 0 Å². The first-order valence-corrected chi connectivity index (χ1v) is 5.42. The Bertz CT molecular complexity index is 249. The summed E-state index contributed by atoms with van der Waals surface area (Å²) in [6.45, 7) is 7.68. The molecule has 1 unspecified atom stereocenters. The SMILES string of the molecule is COC(=O)C(C)(N)CN1CCCC1(C)C. The van der Waals surface area contributed by atoms with E-state index in [0.717, 1.165) is 13.0 Å². The smallest absolute Gasteiger partial charge is 0.326 e. The van der Waals surface area contributed by atoms with Crippen molar-refractivity contribution in [3.05, 3.63) is 0 Å². The molecule has 1 rings (SSSR count). The van der Waals surface area contributed by atoms with Crippen molar-refractivity contribution in [2.45, 2.75) is 44.7 Å². The number of carbonyl (C=O) groups excluding carboxylic acids is 1. The van der Waals surface area contributed by atoms with E-state index in [-0.39, 0.29) is 11.5 Å². The van der Waals surface area contributed by atoms with Gasteiger partial charge in [0.1, 0.15) is 5.54 Å². The molecule has 1 saturated heterocycles. The van der Waals surface area contributed by atoms with Gasteiger partial charge in [-0.15, -0.1) is 0 Å². The monoisotopic (exact) mass is 214 g/mol. The minimum absolute atomic E-state index is 0.147. The number of ether oxygens (including phenoxy) is 1. The maximum absolute atomic E-state index is 11.5. The molecular formula is C11H22N2O2. The van der Waals surface area contributed by atoms with Crippen LogP contribution < -0.4 is 5.73 Å². The molecule has 1 atom stereocenters. The number of esters is 1. The number of carbonyl (C=O) groups is 1.